The highest BCUT2D eigenvalue weighted by Crippen LogP contribution is 2.31. The lowest BCUT2D eigenvalue weighted by molar-refractivity contribution is -0.137. The van der Waals surface area contributed by atoms with Gasteiger partial charge in [-0.1, -0.05) is 13.0 Å². The van der Waals surface area contributed by atoms with Crippen LogP contribution >= 0.6 is 0 Å². The number of aliphatic hydroxyl groups is 1. The Balaban J connectivity index is 2.57. The number of hydrogen-bond acceptors (Lipinski definition) is 3. The number of carbonyl (C=O) groups is 1. The van der Waals surface area contributed by atoms with Gasteiger partial charge in [0.25, 0.3) is 0 Å². The zero-order valence-electron chi connectivity index (χ0n) is 12.1. The van der Waals surface area contributed by atoms with Gasteiger partial charge in [0.15, 0.2) is 0 Å². The lowest BCUT2D eigenvalue weighted by Crippen LogP contribution is -2.42. The molecule has 0 aliphatic carbocycles. The number of nitrogens with one attached hydrogen (secondary N) is 2. The zero-order valence-corrected chi connectivity index (χ0v) is 12.1. The number of alkyl halides is 3. The average Bonchev–Trinajstić information content (AvgIpc) is 2.48. The van der Waals surface area contributed by atoms with E-state index in [4.69, 9.17) is 9.84 Å². The predicted molar refractivity (Wildman–Crippen MR) is 74.6 cm³/mol. The highest BCUT2D eigenvalue weighted by molar-refractivity contribution is 5.73. The first-order chi connectivity index (χ1) is 10.4. The van der Waals surface area contributed by atoms with Crippen molar-refractivity contribution >= 4 is 6.03 Å². The van der Waals surface area contributed by atoms with E-state index in [-0.39, 0.29) is 25.4 Å². The highest BCUT2D eigenvalue weighted by Gasteiger charge is 2.30. The quantitative estimate of drug-likeness (QED) is 0.721. The van der Waals surface area contributed by atoms with Crippen LogP contribution in [-0.4, -0.2) is 36.9 Å². The van der Waals surface area contributed by atoms with E-state index in [9.17, 15) is 18.0 Å². The molecule has 5 nitrogen and oxygen atoms in total. The Morgan fingerprint density at radius 3 is 2.68 bits per heavy atom. The Morgan fingerprint density at radius 2 is 2.09 bits per heavy atom. The lowest BCUT2D eigenvalue weighted by Gasteiger charge is -2.19. The molecular weight excluding hydrogens is 301 g/mol. The van der Waals surface area contributed by atoms with Crippen molar-refractivity contribution in [2.75, 3.05) is 19.7 Å². The van der Waals surface area contributed by atoms with E-state index < -0.39 is 23.9 Å². The first-order valence-electron chi connectivity index (χ1n) is 6.83. The van der Waals surface area contributed by atoms with Crippen LogP contribution in [0.2, 0.25) is 0 Å². The summed E-state index contributed by atoms with van der Waals surface area (Å²) in [5.41, 5.74) is -0.784. The third-order valence-corrected chi connectivity index (χ3v) is 2.81. The fourth-order valence-corrected chi connectivity index (χ4v) is 1.65. The fourth-order valence-electron chi connectivity index (χ4n) is 1.65. The molecule has 124 valence electrons. The molecule has 0 spiro atoms. The minimum Gasteiger partial charge on any atom is -0.489 e. The maximum Gasteiger partial charge on any atom is 0.416 e. The molecule has 3 N–H and O–H groups in total. The van der Waals surface area contributed by atoms with E-state index in [0.717, 1.165) is 12.1 Å². The maximum atomic E-state index is 12.6. The summed E-state index contributed by atoms with van der Waals surface area (Å²) in [6, 6.07) is 4.12. The van der Waals surface area contributed by atoms with Gasteiger partial charge in [0.05, 0.1) is 18.7 Å². The van der Waals surface area contributed by atoms with Gasteiger partial charge >= 0.3 is 12.2 Å². The summed E-state index contributed by atoms with van der Waals surface area (Å²) in [6.07, 6.45) is -4.37. The van der Waals surface area contributed by atoms with Gasteiger partial charge in [-0.2, -0.15) is 13.2 Å². The molecule has 0 fully saturated rings. The Kier molecular flexibility index (Phi) is 6.97. The molecule has 1 rings (SSSR count). The van der Waals surface area contributed by atoms with Gasteiger partial charge in [0, 0.05) is 6.54 Å². The van der Waals surface area contributed by atoms with Gasteiger partial charge in [0.2, 0.25) is 0 Å². The summed E-state index contributed by atoms with van der Waals surface area (Å²) in [5, 5.41) is 13.5. The molecule has 0 heterocycles. The van der Waals surface area contributed by atoms with Crippen LogP contribution in [0.1, 0.15) is 18.9 Å². The van der Waals surface area contributed by atoms with Gasteiger partial charge < -0.3 is 20.5 Å². The topological polar surface area (TPSA) is 70.6 Å². The van der Waals surface area contributed by atoms with E-state index in [0.29, 0.717) is 6.42 Å². The monoisotopic (exact) mass is 320 g/mol. The molecule has 8 heteroatoms. The second-order valence-corrected chi connectivity index (χ2v) is 4.53. The third kappa shape index (κ3) is 6.21. The molecule has 0 saturated heterocycles. The van der Waals surface area contributed by atoms with E-state index in [1.807, 2.05) is 0 Å². The SMILES string of the molecule is CCC(CNC(=O)NCCO)Oc1cccc(C(F)(F)F)c1. The average molecular weight is 320 g/mol. The highest BCUT2D eigenvalue weighted by atomic mass is 19.4. The van der Waals surface area contributed by atoms with Crippen molar-refractivity contribution in [1.29, 1.82) is 0 Å². The molecular formula is C14H19F3N2O3. The molecule has 0 aliphatic heterocycles. The number of aliphatic hydroxyl groups excluding tert-OH is 1. The van der Waals surface area contributed by atoms with Crippen LogP contribution in [0.5, 0.6) is 5.75 Å². The molecule has 1 aromatic rings. The first kappa shape index (κ1) is 18.1. The number of halogens is 3. The minimum absolute atomic E-state index is 0.0965. The Hall–Kier alpha value is -1.96. The van der Waals surface area contributed by atoms with E-state index in [1.54, 1.807) is 6.92 Å². The zero-order chi connectivity index (χ0) is 16.6. The summed E-state index contributed by atoms with van der Waals surface area (Å²) in [6.45, 7) is 1.89. The Labute approximate surface area is 126 Å². The van der Waals surface area contributed by atoms with Crippen LogP contribution in [0, 0.1) is 0 Å². The maximum absolute atomic E-state index is 12.6. The summed E-state index contributed by atoms with van der Waals surface area (Å²) >= 11 is 0. The van der Waals surface area contributed by atoms with Crippen LogP contribution in [0.4, 0.5) is 18.0 Å². The normalized spacial score (nSPS) is 12.6. The second kappa shape index (κ2) is 8.47. The van der Waals surface area contributed by atoms with Gasteiger partial charge in [-0.05, 0) is 24.6 Å². The fraction of sp³-hybridized carbons (Fsp3) is 0.500. The number of amides is 2. The third-order valence-electron chi connectivity index (χ3n) is 2.81. The van der Waals surface area contributed by atoms with Crippen LogP contribution in [0.25, 0.3) is 0 Å². The Bertz CT molecular complexity index is 481. The second-order valence-electron chi connectivity index (χ2n) is 4.53. The van der Waals surface area contributed by atoms with Gasteiger partial charge in [-0.15, -0.1) is 0 Å². The molecule has 1 unspecified atom stereocenters. The minimum atomic E-state index is -4.43. The number of carbonyl (C=O) groups excluding carboxylic acids is 1. The summed E-state index contributed by atoms with van der Waals surface area (Å²) < 4.78 is 43.3. The van der Waals surface area contributed by atoms with Crippen molar-refractivity contribution in [3.05, 3.63) is 29.8 Å². The number of benzene rings is 1. The van der Waals surface area contributed by atoms with E-state index >= 15 is 0 Å². The van der Waals surface area contributed by atoms with Gasteiger partial charge in [-0.25, -0.2) is 4.79 Å². The van der Waals surface area contributed by atoms with Crippen LogP contribution in [0.3, 0.4) is 0 Å². The van der Waals surface area contributed by atoms with Gasteiger partial charge in [-0.3, -0.25) is 0 Å². The number of urea groups is 1. The summed E-state index contributed by atoms with van der Waals surface area (Å²) in [7, 11) is 0. The Morgan fingerprint density at radius 1 is 1.36 bits per heavy atom. The van der Waals surface area contributed by atoms with Crippen LogP contribution < -0.4 is 15.4 Å². The van der Waals surface area contributed by atoms with Crippen molar-refractivity contribution in [2.45, 2.75) is 25.6 Å². The first-order valence-corrected chi connectivity index (χ1v) is 6.83. The number of ether oxygens (including phenoxy) is 1. The largest absolute Gasteiger partial charge is 0.489 e. The van der Waals surface area contributed by atoms with Crippen molar-refractivity contribution in [3.8, 4) is 5.75 Å². The molecule has 0 aromatic heterocycles. The molecule has 1 atom stereocenters. The number of hydrogen-bond donors (Lipinski definition) is 3. The molecule has 0 radical (unpaired) electrons. The van der Waals surface area contributed by atoms with E-state index in [2.05, 4.69) is 10.6 Å². The van der Waals surface area contributed by atoms with Crippen LogP contribution in [0.15, 0.2) is 24.3 Å². The lowest BCUT2D eigenvalue weighted by atomic mass is 10.2. The predicted octanol–water partition coefficient (Wildman–Crippen LogP) is 2.15. The van der Waals surface area contributed by atoms with Crippen molar-refractivity contribution in [2.24, 2.45) is 0 Å². The van der Waals surface area contributed by atoms with Crippen molar-refractivity contribution in [1.82, 2.24) is 10.6 Å². The standard InChI is InChI=1S/C14H19F3N2O3/c1-2-11(9-19-13(21)18-6-7-20)22-12-5-3-4-10(8-12)14(15,16)17/h3-5,8,11,20H,2,6-7,9H2,1H3,(H2,18,19,21). The molecule has 22 heavy (non-hydrogen) atoms. The molecule has 0 bridgehead atoms. The molecule has 1 aromatic carbocycles. The molecule has 0 aliphatic rings. The summed E-state index contributed by atoms with van der Waals surface area (Å²) in [5.74, 6) is 0.0965. The van der Waals surface area contributed by atoms with Gasteiger partial charge in [0.1, 0.15) is 11.9 Å². The van der Waals surface area contributed by atoms with Crippen molar-refractivity contribution < 1.29 is 27.8 Å². The van der Waals surface area contributed by atoms with Crippen molar-refractivity contribution in [3.63, 3.8) is 0 Å². The van der Waals surface area contributed by atoms with Crippen LogP contribution in [-0.2, 0) is 6.18 Å². The van der Waals surface area contributed by atoms with E-state index in [1.165, 1.54) is 12.1 Å². The summed E-state index contributed by atoms with van der Waals surface area (Å²) in [4.78, 5) is 11.3. The number of rotatable bonds is 7. The molecule has 0 saturated carbocycles. The molecule has 2 amide bonds. The smallest absolute Gasteiger partial charge is 0.416 e.